The van der Waals surface area contributed by atoms with E-state index in [0.29, 0.717) is 24.4 Å². The van der Waals surface area contributed by atoms with Crippen LogP contribution in [-0.4, -0.2) is 46.1 Å². The van der Waals surface area contributed by atoms with Crippen LogP contribution in [0.2, 0.25) is 0 Å². The quantitative estimate of drug-likeness (QED) is 0.602. The molecule has 3 heterocycles. The number of aryl methyl sites for hydroxylation is 1. The molecule has 1 aromatic carbocycles. The number of benzene rings is 1. The first-order valence-electron chi connectivity index (χ1n) is 10.3. The van der Waals surface area contributed by atoms with Crippen LogP contribution in [-0.2, 0) is 4.79 Å². The topological polar surface area (TPSA) is 67.2 Å². The first-order valence-corrected chi connectivity index (χ1v) is 11.2. The van der Waals surface area contributed by atoms with E-state index < -0.39 is 0 Å². The zero-order chi connectivity index (χ0) is 21.1. The van der Waals surface area contributed by atoms with Crippen LogP contribution in [0, 0.1) is 12.7 Å². The maximum Gasteiger partial charge on any atom is 0.261 e. The molecular formula is C22H25FN4O2S. The minimum Gasteiger partial charge on any atom is -0.351 e. The SMILES string of the molecule is Cc1nn(-c2ccc(F)cc2)c2sc(C(=O)NCCCN3CCCCCC3=O)cc12. The summed E-state index contributed by atoms with van der Waals surface area (Å²) in [6.45, 7) is 3.93. The highest BCUT2D eigenvalue weighted by Crippen LogP contribution is 2.30. The Labute approximate surface area is 178 Å². The van der Waals surface area contributed by atoms with E-state index in [4.69, 9.17) is 0 Å². The standard InChI is InChI=1S/C22H25FN4O2S/c1-15-18-14-19(30-22(18)27(25-15)17-9-7-16(23)8-10-17)21(29)24-11-5-13-26-12-4-2-3-6-20(26)28/h7-10,14H,2-6,11-13H2,1H3,(H,24,29). The fraction of sp³-hybridized carbons (Fsp3) is 0.409. The second kappa shape index (κ2) is 8.95. The summed E-state index contributed by atoms with van der Waals surface area (Å²) in [6, 6.07) is 7.99. The van der Waals surface area contributed by atoms with Crippen molar-refractivity contribution < 1.29 is 14.0 Å². The summed E-state index contributed by atoms with van der Waals surface area (Å²) < 4.78 is 15.0. The van der Waals surface area contributed by atoms with E-state index >= 15 is 0 Å². The average molecular weight is 429 g/mol. The number of aromatic nitrogens is 2. The molecular weight excluding hydrogens is 403 g/mol. The molecule has 1 aliphatic rings. The van der Waals surface area contributed by atoms with Gasteiger partial charge in [0.2, 0.25) is 5.91 Å². The summed E-state index contributed by atoms with van der Waals surface area (Å²) in [4.78, 5) is 28.1. The zero-order valence-corrected chi connectivity index (χ0v) is 17.8. The molecule has 0 radical (unpaired) electrons. The van der Waals surface area contributed by atoms with Crippen LogP contribution in [0.1, 0.15) is 47.5 Å². The third-order valence-electron chi connectivity index (χ3n) is 5.40. The summed E-state index contributed by atoms with van der Waals surface area (Å²) in [6.07, 6.45) is 4.53. The van der Waals surface area contributed by atoms with Crippen LogP contribution in [0.5, 0.6) is 0 Å². The van der Waals surface area contributed by atoms with E-state index in [1.807, 2.05) is 17.9 Å². The van der Waals surface area contributed by atoms with Gasteiger partial charge in [-0.25, -0.2) is 9.07 Å². The fourth-order valence-corrected chi connectivity index (χ4v) is 4.85. The number of thiophene rings is 1. The number of rotatable bonds is 6. The van der Waals surface area contributed by atoms with Gasteiger partial charge in [0, 0.05) is 31.4 Å². The number of carbonyl (C=O) groups excluding carboxylic acids is 2. The lowest BCUT2D eigenvalue weighted by molar-refractivity contribution is -0.130. The average Bonchev–Trinajstić information content (AvgIpc) is 3.23. The molecule has 8 heteroatoms. The van der Waals surface area contributed by atoms with E-state index in [0.717, 1.165) is 53.8 Å². The van der Waals surface area contributed by atoms with Gasteiger partial charge in [0.05, 0.1) is 16.3 Å². The highest BCUT2D eigenvalue weighted by Gasteiger charge is 2.18. The second-order valence-electron chi connectivity index (χ2n) is 7.60. The maximum atomic E-state index is 13.2. The minimum absolute atomic E-state index is 0.122. The molecule has 30 heavy (non-hydrogen) atoms. The third-order valence-corrected chi connectivity index (χ3v) is 6.51. The number of fused-ring (bicyclic) bond motifs is 1. The highest BCUT2D eigenvalue weighted by molar-refractivity contribution is 7.20. The predicted molar refractivity (Wildman–Crippen MR) is 116 cm³/mol. The molecule has 0 saturated carbocycles. The lowest BCUT2D eigenvalue weighted by atomic mass is 10.2. The Balaban J connectivity index is 1.39. The van der Waals surface area contributed by atoms with Gasteiger partial charge in [-0.05, 0) is 56.5 Å². The number of hydrogen-bond acceptors (Lipinski definition) is 4. The molecule has 1 saturated heterocycles. The summed E-state index contributed by atoms with van der Waals surface area (Å²) in [5.74, 6) is -0.195. The summed E-state index contributed by atoms with van der Waals surface area (Å²) >= 11 is 1.37. The van der Waals surface area contributed by atoms with Crippen molar-refractivity contribution in [3.63, 3.8) is 0 Å². The van der Waals surface area contributed by atoms with Gasteiger partial charge in [-0.3, -0.25) is 9.59 Å². The van der Waals surface area contributed by atoms with Crippen LogP contribution in [0.3, 0.4) is 0 Å². The molecule has 1 aliphatic heterocycles. The Hall–Kier alpha value is -2.74. The van der Waals surface area contributed by atoms with Gasteiger partial charge in [-0.1, -0.05) is 6.42 Å². The normalized spacial score (nSPS) is 14.9. The smallest absolute Gasteiger partial charge is 0.261 e. The Morgan fingerprint density at radius 2 is 2.03 bits per heavy atom. The number of nitrogens with one attached hydrogen (secondary N) is 1. The molecule has 0 atom stereocenters. The summed E-state index contributed by atoms with van der Waals surface area (Å²) in [5, 5.41) is 8.41. The van der Waals surface area contributed by atoms with E-state index in [2.05, 4.69) is 10.4 Å². The fourth-order valence-electron chi connectivity index (χ4n) is 3.75. The van der Waals surface area contributed by atoms with Crippen molar-refractivity contribution in [2.45, 2.75) is 39.0 Å². The molecule has 0 bridgehead atoms. The van der Waals surface area contributed by atoms with Crippen molar-refractivity contribution >= 4 is 33.4 Å². The van der Waals surface area contributed by atoms with Crippen LogP contribution in [0.15, 0.2) is 30.3 Å². The van der Waals surface area contributed by atoms with Crippen molar-refractivity contribution in [3.05, 3.63) is 46.7 Å². The third kappa shape index (κ3) is 4.38. The Morgan fingerprint density at radius 1 is 1.23 bits per heavy atom. The lowest BCUT2D eigenvalue weighted by Crippen LogP contribution is -2.33. The highest BCUT2D eigenvalue weighted by atomic mass is 32.1. The Bertz CT molecular complexity index is 1060. The Kier molecular flexibility index (Phi) is 6.13. The van der Waals surface area contributed by atoms with E-state index in [1.54, 1.807) is 16.8 Å². The van der Waals surface area contributed by atoms with E-state index in [9.17, 15) is 14.0 Å². The van der Waals surface area contributed by atoms with Gasteiger partial charge in [0.15, 0.2) is 0 Å². The van der Waals surface area contributed by atoms with E-state index in [1.165, 1.54) is 23.5 Å². The summed E-state index contributed by atoms with van der Waals surface area (Å²) in [5.41, 5.74) is 1.58. The molecule has 0 aliphatic carbocycles. The van der Waals surface area contributed by atoms with Gasteiger partial charge in [0.25, 0.3) is 5.91 Å². The minimum atomic E-state index is -0.299. The molecule has 2 aromatic heterocycles. The van der Waals surface area contributed by atoms with Gasteiger partial charge in [0.1, 0.15) is 10.6 Å². The molecule has 4 rings (SSSR count). The molecule has 3 aromatic rings. The van der Waals surface area contributed by atoms with Crippen LogP contribution in [0.25, 0.3) is 15.9 Å². The first kappa shape index (κ1) is 20.5. The van der Waals surface area contributed by atoms with Gasteiger partial charge >= 0.3 is 0 Å². The maximum absolute atomic E-state index is 13.2. The van der Waals surface area contributed by atoms with Crippen LogP contribution in [0.4, 0.5) is 4.39 Å². The molecule has 0 unspecified atom stereocenters. The van der Waals surface area contributed by atoms with Crippen molar-refractivity contribution in [1.29, 1.82) is 0 Å². The van der Waals surface area contributed by atoms with Gasteiger partial charge in [-0.15, -0.1) is 11.3 Å². The van der Waals surface area contributed by atoms with Crippen LogP contribution < -0.4 is 5.32 Å². The van der Waals surface area contributed by atoms with Gasteiger partial charge in [-0.2, -0.15) is 5.10 Å². The lowest BCUT2D eigenvalue weighted by Gasteiger charge is -2.20. The number of halogens is 1. The van der Waals surface area contributed by atoms with E-state index in [-0.39, 0.29) is 17.6 Å². The Morgan fingerprint density at radius 3 is 2.83 bits per heavy atom. The molecule has 0 spiro atoms. The molecule has 2 amide bonds. The number of carbonyl (C=O) groups is 2. The molecule has 1 fully saturated rings. The molecule has 1 N–H and O–H groups in total. The zero-order valence-electron chi connectivity index (χ0n) is 17.0. The van der Waals surface area contributed by atoms with Crippen molar-refractivity contribution in [2.75, 3.05) is 19.6 Å². The monoisotopic (exact) mass is 428 g/mol. The first-order chi connectivity index (χ1) is 14.5. The van der Waals surface area contributed by atoms with Crippen LogP contribution >= 0.6 is 11.3 Å². The van der Waals surface area contributed by atoms with Crippen molar-refractivity contribution in [1.82, 2.24) is 20.0 Å². The number of nitrogens with zero attached hydrogens (tertiary/aromatic N) is 3. The largest absolute Gasteiger partial charge is 0.351 e. The van der Waals surface area contributed by atoms with Crippen molar-refractivity contribution in [3.8, 4) is 5.69 Å². The molecule has 158 valence electrons. The second-order valence-corrected chi connectivity index (χ2v) is 8.63. The molecule has 6 nitrogen and oxygen atoms in total. The predicted octanol–water partition coefficient (Wildman–Crippen LogP) is 4.06. The number of hydrogen-bond donors (Lipinski definition) is 1. The van der Waals surface area contributed by atoms with Crippen molar-refractivity contribution in [2.24, 2.45) is 0 Å². The summed E-state index contributed by atoms with van der Waals surface area (Å²) in [7, 11) is 0. The number of amides is 2. The van der Waals surface area contributed by atoms with Gasteiger partial charge < -0.3 is 10.2 Å². The number of likely N-dealkylation sites (tertiary alicyclic amines) is 1.